The van der Waals surface area contributed by atoms with Crippen LogP contribution in [0.2, 0.25) is 0 Å². The smallest absolute Gasteiger partial charge is 0.337 e. The van der Waals surface area contributed by atoms with E-state index in [4.69, 9.17) is 9.47 Å². The average Bonchev–Trinajstić information content (AvgIpc) is 3.40. The minimum Gasteiger partial charge on any atom is -0.508 e. The van der Waals surface area contributed by atoms with E-state index in [0.29, 0.717) is 35.2 Å². The zero-order chi connectivity index (χ0) is 25.2. The number of methoxy groups -OCH3 is 1. The molecule has 1 aliphatic carbocycles. The predicted octanol–water partition coefficient (Wildman–Crippen LogP) is 4.96. The third-order valence-electron chi connectivity index (χ3n) is 6.66. The molecule has 2 N–H and O–H groups in total. The highest BCUT2D eigenvalue weighted by Crippen LogP contribution is 2.47. The van der Waals surface area contributed by atoms with Gasteiger partial charge in [0.05, 0.1) is 23.1 Å². The first kappa shape index (κ1) is 23.8. The standard InChI is InChI=1S/C28H26N2O5S/c1-16-25(28(33)35-14-20-13-29-15-36-20)26(17-6-5-7-19(31)10-17)27-22(30-16)11-18(12-23(27)32)21-8-3-4-9-24(21)34-2/h3-10,13,15,18,26,30-31H,11-12,14H2,1-2H3/t18-,26-/m1/s1. The zero-order valence-corrected chi connectivity index (χ0v) is 20.8. The number of dihydropyridines is 1. The molecule has 184 valence electrons. The maximum absolute atomic E-state index is 13.7. The van der Waals surface area contributed by atoms with Crippen molar-refractivity contribution in [2.75, 3.05) is 7.11 Å². The Morgan fingerprint density at radius 2 is 2.03 bits per heavy atom. The second-order valence-electron chi connectivity index (χ2n) is 8.90. The van der Waals surface area contributed by atoms with Gasteiger partial charge in [-0.3, -0.25) is 9.78 Å². The molecular weight excluding hydrogens is 476 g/mol. The van der Waals surface area contributed by atoms with Crippen molar-refractivity contribution in [2.24, 2.45) is 0 Å². The van der Waals surface area contributed by atoms with Gasteiger partial charge in [0.1, 0.15) is 18.1 Å². The summed E-state index contributed by atoms with van der Waals surface area (Å²) in [4.78, 5) is 31.9. The molecule has 2 aliphatic rings. The summed E-state index contributed by atoms with van der Waals surface area (Å²) < 4.78 is 11.2. The van der Waals surface area contributed by atoms with Crippen LogP contribution in [-0.4, -0.2) is 29.0 Å². The SMILES string of the molecule is COc1ccccc1[C@H]1CC(=O)C2=C(C1)NC(C)=C(C(=O)OCc1cncs1)[C@H]2c1cccc(O)c1. The molecule has 1 aliphatic heterocycles. The summed E-state index contributed by atoms with van der Waals surface area (Å²) in [6.45, 7) is 1.92. The Hall–Kier alpha value is -3.91. The summed E-state index contributed by atoms with van der Waals surface area (Å²) >= 11 is 1.40. The highest BCUT2D eigenvalue weighted by Gasteiger charge is 2.42. The third kappa shape index (κ3) is 4.52. The van der Waals surface area contributed by atoms with Gasteiger partial charge in [0.15, 0.2) is 5.78 Å². The molecule has 2 atom stereocenters. The Balaban J connectivity index is 1.54. The van der Waals surface area contributed by atoms with Crippen molar-refractivity contribution < 1.29 is 24.2 Å². The Morgan fingerprint density at radius 3 is 2.78 bits per heavy atom. The zero-order valence-electron chi connectivity index (χ0n) is 20.0. The number of hydrogen-bond acceptors (Lipinski definition) is 8. The van der Waals surface area contributed by atoms with Crippen molar-refractivity contribution in [3.05, 3.63) is 98.8 Å². The molecule has 0 amide bonds. The number of ketones is 1. The first-order chi connectivity index (χ1) is 17.5. The van der Waals surface area contributed by atoms with Gasteiger partial charge in [-0.05, 0) is 42.7 Å². The lowest BCUT2D eigenvalue weighted by atomic mass is 9.71. The molecule has 2 aromatic carbocycles. The highest BCUT2D eigenvalue weighted by molar-refractivity contribution is 7.09. The molecule has 0 radical (unpaired) electrons. The number of phenolic OH excluding ortho intramolecular Hbond substituents is 1. The quantitative estimate of drug-likeness (QED) is 0.460. The molecule has 5 rings (SSSR count). The van der Waals surface area contributed by atoms with Crippen molar-refractivity contribution in [1.82, 2.24) is 10.3 Å². The van der Waals surface area contributed by atoms with E-state index in [2.05, 4.69) is 10.3 Å². The lowest BCUT2D eigenvalue weighted by molar-refractivity contribution is -0.140. The van der Waals surface area contributed by atoms with E-state index in [1.807, 2.05) is 37.3 Å². The molecule has 8 heteroatoms. The van der Waals surface area contributed by atoms with E-state index < -0.39 is 11.9 Å². The van der Waals surface area contributed by atoms with E-state index >= 15 is 0 Å². The number of benzene rings is 2. The van der Waals surface area contributed by atoms with Crippen molar-refractivity contribution >= 4 is 23.1 Å². The van der Waals surface area contributed by atoms with Gasteiger partial charge in [-0.2, -0.15) is 0 Å². The number of rotatable bonds is 6. The number of para-hydroxylation sites is 1. The van der Waals surface area contributed by atoms with Crippen molar-refractivity contribution in [1.29, 1.82) is 0 Å². The van der Waals surface area contributed by atoms with Gasteiger partial charge in [0.25, 0.3) is 0 Å². The van der Waals surface area contributed by atoms with Crippen LogP contribution in [0.25, 0.3) is 0 Å². The van der Waals surface area contributed by atoms with Crippen LogP contribution >= 0.6 is 11.3 Å². The number of nitrogens with one attached hydrogen (secondary N) is 1. The number of hydrogen-bond donors (Lipinski definition) is 2. The minimum atomic E-state index is -0.645. The second-order valence-corrected chi connectivity index (χ2v) is 9.87. The van der Waals surface area contributed by atoms with Crippen LogP contribution < -0.4 is 10.1 Å². The summed E-state index contributed by atoms with van der Waals surface area (Å²) in [7, 11) is 1.63. The molecule has 0 unspecified atom stereocenters. The summed E-state index contributed by atoms with van der Waals surface area (Å²) in [6, 6.07) is 14.4. The van der Waals surface area contributed by atoms with Gasteiger partial charge < -0.3 is 19.9 Å². The van der Waals surface area contributed by atoms with Gasteiger partial charge >= 0.3 is 5.97 Å². The maximum Gasteiger partial charge on any atom is 0.337 e. The molecule has 0 spiro atoms. The predicted molar refractivity (Wildman–Crippen MR) is 136 cm³/mol. The molecule has 0 saturated carbocycles. The Morgan fingerprint density at radius 1 is 1.19 bits per heavy atom. The molecule has 0 bridgehead atoms. The number of carbonyl (C=O) groups is 2. The van der Waals surface area contributed by atoms with Crippen LogP contribution in [0.5, 0.6) is 11.5 Å². The third-order valence-corrected chi connectivity index (χ3v) is 7.41. The maximum atomic E-state index is 13.7. The van der Waals surface area contributed by atoms with Crippen molar-refractivity contribution in [3.8, 4) is 11.5 Å². The fourth-order valence-corrected chi connectivity index (χ4v) is 5.60. The van der Waals surface area contributed by atoms with E-state index in [-0.39, 0.29) is 24.1 Å². The lowest BCUT2D eigenvalue weighted by Crippen LogP contribution is -2.36. The van der Waals surface area contributed by atoms with Gasteiger partial charge in [0, 0.05) is 41.4 Å². The van der Waals surface area contributed by atoms with Crippen LogP contribution in [0.1, 0.15) is 47.6 Å². The van der Waals surface area contributed by atoms with E-state index in [0.717, 1.165) is 21.9 Å². The highest BCUT2D eigenvalue weighted by atomic mass is 32.1. The van der Waals surface area contributed by atoms with Gasteiger partial charge in [-0.1, -0.05) is 30.3 Å². The molecule has 3 aromatic rings. The molecule has 0 saturated heterocycles. The number of nitrogens with zero attached hydrogens (tertiary/aromatic N) is 1. The number of aromatic hydroxyl groups is 1. The number of aromatic nitrogens is 1. The Bertz CT molecular complexity index is 1380. The van der Waals surface area contributed by atoms with E-state index in [1.54, 1.807) is 37.0 Å². The summed E-state index contributed by atoms with van der Waals surface area (Å²) in [5.41, 5.74) is 5.65. The normalized spacial score (nSPS) is 19.6. The van der Waals surface area contributed by atoms with Crippen LogP contribution in [-0.2, 0) is 20.9 Å². The van der Waals surface area contributed by atoms with E-state index in [1.165, 1.54) is 11.3 Å². The summed E-state index contributed by atoms with van der Waals surface area (Å²) in [6.07, 6.45) is 2.55. The number of allylic oxidation sites excluding steroid dienone is 3. The summed E-state index contributed by atoms with van der Waals surface area (Å²) in [5, 5.41) is 13.6. The Labute approximate surface area is 213 Å². The number of esters is 1. The monoisotopic (exact) mass is 502 g/mol. The second kappa shape index (κ2) is 9.99. The van der Waals surface area contributed by atoms with Crippen LogP contribution in [0, 0.1) is 0 Å². The first-order valence-electron chi connectivity index (χ1n) is 11.7. The molecule has 1 aromatic heterocycles. The van der Waals surface area contributed by atoms with Gasteiger partial charge in [-0.25, -0.2) is 4.79 Å². The number of phenols is 1. The molecule has 0 fully saturated rings. The van der Waals surface area contributed by atoms with Crippen LogP contribution in [0.4, 0.5) is 0 Å². The van der Waals surface area contributed by atoms with Gasteiger partial charge in [0.2, 0.25) is 0 Å². The Kier molecular flexibility index (Phi) is 6.61. The topological polar surface area (TPSA) is 97.8 Å². The lowest BCUT2D eigenvalue weighted by Gasteiger charge is -2.37. The number of thiazole rings is 1. The number of Topliss-reactive ketones (excluding diaryl/α,β-unsaturated/α-hetero) is 1. The van der Waals surface area contributed by atoms with E-state index in [9.17, 15) is 14.7 Å². The van der Waals surface area contributed by atoms with Gasteiger partial charge in [-0.15, -0.1) is 11.3 Å². The molecule has 36 heavy (non-hydrogen) atoms. The molecular formula is C28H26N2O5S. The average molecular weight is 503 g/mol. The largest absolute Gasteiger partial charge is 0.508 e. The fourth-order valence-electron chi connectivity index (χ4n) is 5.10. The summed E-state index contributed by atoms with van der Waals surface area (Å²) in [5.74, 6) is -0.440. The number of ether oxygens (including phenoxy) is 2. The van der Waals surface area contributed by atoms with Crippen molar-refractivity contribution in [2.45, 2.75) is 38.2 Å². The number of carbonyl (C=O) groups excluding carboxylic acids is 2. The van der Waals surface area contributed by atoms with Crippen LogP contribution in [0.3, 0.4) is 0 Å². The first-order valence-corrected chi connectivity index (χ1v) is 12.5. The molecule has 7 nitrogen and oxygen atoms in total. The molecule has 2 heterocycles. The van der Waals surface area contributed by atoms with Crippen LogP contribution in [0.15, 0.2) is 82.8 Å². The van der Waals surface area contributed by atoms with Crippen molar-refractivity contribution in [3.63, 3.8) is 0 Å². The minimum absolute atomic E-state index is 0.0479. The fraction of sp³-hybridized carbons (Fsp3) is 0.250.